The van der Waals surface area contributed by atoms with Crippen LogP contribution in [0.15, 0.2) is 18.2 Å². The SMILES string of the molecule is COC(=O)c1ccc(CC[O])cc1C(=O)OC. The molecule has 0 aromatic heterocycles. The van der Waals surface area contributed by atoms with E-state index in [1.165, 1.54) is 26.4 Å². The molecule has 1 radical (unpaired) electrons. The number of hydrogen-bond acceptors (Lipinski definition) is 4. The van der Waals surface area contributed by atoms with E-state index < -0.39 is 11.9 Å². The Labute approximate surface area is 99.0 Å². The first-order chi connectivity index (χ1) is 8.13. The van der Waals surface area contributed by atoms with Crippen molar-refractivity contribution in [3.05, 3.63) is 34.9 Å². The van der Waals surface area contributed by atoms with Gasteiger partial charge in [0.1, 0.15) is 0 Å². The Bertz CT molecular complexity index is 425. The van der Waals surface area contributed by atoms with E-state index in [0.29, 0.717) is 12.0 Å². The second kappa shape index (κ2) is 6.00. The second-order valence-corrected chi connectivity index (χ2v) is 3.32. The molecule has 5 heteroatoms. The second-order valence-electron chi connectivity index (χ2n) is 3.32. The molecule has 1 rings (SSSR count). The fourth-order valence-electron chi connectivity index (χ4n) is 1.43. The minimum absolute atomic E-state index is 0.116. The first-order valence-electron chi connectivity index (χ1n) is 5.01. The van der Waals surface area contributed by atoms with Crippen molar-refractivity contribution in [1.82, 2.24) is 0 Å². The third kappa shape index (κ3) is 3.04. The molecular formula is C12H13O5. The Kier molecular flexibility index (Phi) is 4.66. The molecular weight excluding hydrogens is 224 g/mol. The lowest BCUT2D eigenvalue weighted by Crippen LogP contribution is -2.12. The minimum atomic E-state index is -0.627. The molecule has 0 spiro atoms. The summed E-state index contributed by atoms with van der Waals surface area (Å²) in [5.41, 5.74) is 0.937. The van der Waals surface area contributed by atoms with E-state index in [1.54, 1.807) is 6.07 Å². The van der Waals surface area contributed by atoms with Crippen LogP contribution in [0.5, 0.6) is 0 Å². The van der Waals surface area contributed by atoms with Gasteiger partial charge in [-0.05, 0) is 24.1 Å². The lowest BCUT2D eigenvalue weighted by atomic mass is 10.0. The summed E-state index contributed by atoms with van der Waals surface area (Å²) in [7, 11) is 2.46. The van der Waals surface area contributed by atoms with Crippen molar-refractivity contribution in [2.45, 2.75) is 6.42 Å². The predicted octanol–water partition coefficient (Wildman–Crippen LogP) is 1.23. The van der Waals surface area contributed by atoms with Gasteiger partial charge >= 0.3 is 11.9 Å². The largest absolute Gasteiger partial charge is 0.465 e. The van der Waals surface area contributed by atoms with Crippen LogP contribution in [0, 0.1) is 0 Å². The van der Waals surface area contributed by atoms with Crippen LogP contribution >= 0.6 is 0 Å². The van der Waals surface area contributed by atoms with Crippen LogP contribution in [0.3, 0.4) is 0 Å². The number of benzene rings is 1. The van der Waals surface area contributed by atoms with Crippen molar-refractivity contribution < 1.29 is 24.2 Å². The van der Waals surface area contributed by atoms with E-state index in [-0.39, 0.29) is 17.7 Å². The molecule has 0 unspecified atom stereocenters. The molecule has 0 atom stereocenters. The summed E-state index contributed by atoms with van der Waals surface area (Å²) >= 11 is 0. The molecule has 1 aromatic rings. The van der Waals surface area contributed by atoms with Crippen molar-refractivity contribution in [2.24, 2.45) is 0 Å². The summed E-state index contributed by atoms with van der Waals surface area (Å²) in [5, 5.41) is 10.5. The molecule has 0 heterocycles. The summed E-state index contributed by atoms with van der Waals surface area (Å²) < 4.78 is 9.14. The summed E-state index contributed by atoms with van der Waals surface area (Å²) in [4.78, 5) is 22.9. The van der Waals surface area contributed by atoms with Crippen molar-refractivity contribution in [3.63, 3.8) is 0 Å². The van der Waals surface area contributed by atoms with Gasteiger partial charge in [0.05, 0.1) is 32.0 Å². The van der Waals surface area contributed by atoms with Gasteiger partial charge in [0.2, 0.25) is 0 Å². The summed E-state index contributed by atoms with van der Waals surface area (Å²) in [5.74, 6) is -1.24. The molecule has 91 valence electrons. The van der Waals surface area contributed by atoms with E-state index >= 15 is 0 Å². The highest BCUT2D eigenvalue weighted by atomic mass is 16.5. The van der Waals surface area contributed by atoms with Crippen LogP contribution in [-0.2, 0) is 21.0 Å². The van der Waals surface area contributed by atoms with Crippen LogP contribution < -0.4 is 0 Å². The van der Waals surface area contributed by atoms with Gasteiger partial charge in [-0.15, -0.1) is 0 Å². The average Bonchev–Trinajstić information content (AvgIpc) is 2.37. The topological polar surface area (TPSA) is 72.5 Å². The monoisotopic (exact) mass is 237 g/mol. The number of carbonyl (C=O) groups excluding carboxylic acids is 2. The molecule has 0 aliphatic heterocycles. The van der Waals surface area contributed by atoms with Gasteiger partial charge in [0.15, 0.2) is 0 Å². The minimum Gasteiger partial charge on any atom is -0.465 e. The zero-order valence-corrected chi connectivity index (χ0v) is 9.69. The maximum Gasteiger partial charge on any atom is 0.338 e. The quantitative estimate of drug-likeness (QED) is 0.738. The molecule has 0 fully saturated rings. The molecule has 5 nitrogen and oxygen atoms in total. The Hall–Kier alpha value is -1.88. The molecule has 0 aliphatic rings. The van der Waals surface area contributed by atoms with Crippen molar-refractivity contribution in [3.8, 4) is 0 Å². The van der Waals surface area contributed by atoms with E-state index in [2.05, 4.69) is 9.47 Å². The van der Waals surface area contributed by atoms with Crippen LogP contribution in [0.1, 0.15) is 26.3 Å². The predicted molar refractivity (Wildman–Crippen MR) is 58.4 cm³/mol. The van der Waals surface area contributed by atoms with Crippen LogP contribution in [0.4, 0.5) is 0 Å². The fourth-order valence-corrected chi connectivity index (χ4v) is 1.43. The number of methoxy groups -OCH3 is 2. The Morgan fingerprint density at radius 3 is 2.18 bits per heavy atom. The molecule has 17 heavy (non-hydrogen) atoms. The van der Waals surface area contributed by atoms with Gasteiger partial charge in [0.25, 0.3) is 0 Å². The highest BCUT2D eigenvalue weighted by Crippen LogP contribution is 2.15. The molecule has 0 aliphatic carbocycles. The molecule has 1 aromatic carbocycles. The maximum absolute atomic E-state index is 11.5. The van der Waals surface area contributed by atoms with Crippen molar-refractivity contribution in [2.75, 3.05) is 20.8 Å². The lowest BCUT2D eigenvalue weighted by Gasteiger charge is -2.08. The third-order valence-electron chi connectivity index (χ3n) is 2.29. The summed E-state index contributed by atoms with van der Waals surface area (Å²) in [6.45, 7) is -0.280. The third-order valence-corrected chi connectivity index (χ3v) is 2.29. The number of esters is 2. The number of ether oxygens (including phenoxy) is 2. The Balaban J connectivity index is 3.21. The van der Waals surface area contributed by atoms with Crippen LogP contribution in [0.25, 0.3) is 0 Å². The number of hydrogen-bond donors (Lipinski definition) is 0. The number of rotatable bonds is 4. The van der Waals surface area contributed by atoms with E-state index in [9.17, 15) is 14.7 Å². The van der Waals surface area contributed by atoms with Gasteiger partial charge in [-0.2, -0.15) is 0 Å². The Morgan fingerprint density at radius 1 is 1.06 bits per heavy atom. The lowest BCUT2D eigenvalue weighted by molar-refractivity contribution is 0.0555. The van der Waals surface area contributed by atoms with E-state index in [1.807, 2.05) is 0 Å². The van der Waals surface area contributed by atoms with Gasteiger partial charge < -0.3 is 9.47 Å². The van der Waals surface area contributed by atoms with E-state index in [0.717, 1.165) is 0 Å². The molecule has 0 bridgehead atoms. The molecule has 0 saturated heterocycles. The molecule has 0 N–H and O–H groups in total. The first-order valence-corrected chi connectivity index (χ1v) is 5.01. The summed E-state index contributed by atoms with van der Waals surface area (Å²) in [6.07, 6.45) is 0.297. The van der Waals surface area contributed by atoms with Crippen LogP contribution in [-0.4, -0.2) is 32.8 Å². The highest BCUT2D eigenvalue weighted by Gasteiger charge is 2.18. The van der Waals surface area contributed by atoms with Crippen LogP contribution in [0.2, 0.25) is 0 Å². The first kappa shape index (κ1) is 13.2. The number of carbonyl (C=O) groups is 2. The van der Waals surface area contributed by atoms with Gasteiger partial charge in [0, 0.05) is 0 Å². The normalized spacial score (nSPS) is 9.82. The maximum atomic E-state index is 11.5. The average molecular weight is 237 g/mol. The highest BCUT2D eigenvalue weighted by molar-refractivity contribution is 6.03. The van der Waals surface area contributed by atoms with Gasteiger partial charge in [-0.3, -0.25) is 0 Å². The van der Waals surface area contributed by atoms with E-state index in [4.69, 9.17) is 0 Å². The Morgan fingerprint density at radius 2 is 1.65 bits per heavy atom. The van der Waals surface area contributed by atoms with Gasteiger partial charge in [-0.25, -0.2) is 14.7 Å². The fraction of sp³-hybridized carbons (Fsp3) is 0.333. The standard InChI is InChI=1S/C12H13O5/c1-16-11(14)9-4-3-8(5-6-13)7-10(9)12(15)17-2/h3-4,7H,5-6H2,1-2H3. The van der Waals surface area contributed by atoms with Crippen molar-refractivity contribution in [1.29, 1.82) is 0 Å². The van der Waals surface area contributed by atoms with Crippen molar-refractivity contribution >= 4 is 11.9 Å². The smallest absolute Gasteiger partial charge is 0.338 e. The summed E-state index contributed by atoms with van der Waals surface area (Å²) in [6, 6.07) is 4.57. The zero-order chi connectivity index (χ0) is 12.8. The molecule has 0 saturated carbocycles. The van der Waals surface area contributed by atoms with Gasteiger partial charge in [-0.1, -0.05) is 6.07 Å². The molecule has 0 amide bonds. The zero-order valence-electron chi connectivity index (χ0n) is 9.69.